The Bertz CT molecular complexity index is 709. The van der Waals surface area contributed by atoms with Crippen LogP contribution in [0.1, 0.15) is 12.5 Å². The minimum Gasteiger partial charge on any atom is -0.369 e. The first kappa shape index (κ1) is 12.2. The topological polar surface area (TPSA) is 81.2 Å². The van der Waals surface area contributed by atoms with Crippen LogP contribution in [0, 0.1) is 0 Å². The smallest absolute Gasteiger partial charge is 0.252 e. The molecule has 6 nitrogen and oxygen atoms in total. The van der Waals surface area contributed by atoms with Gasteiger partial charge in [-0.25, -0.2) is 4.98 Å². The van der Waals surface area contributed by atoms with E-state index in [1.807, 2.05) is 18.2 Å². The van der Waals surface area contributed by atoms with Crippen molar-refractivity contribution in [3.8, 4) is 0 Å². The number of likely N-dealkylation sites (tertiary alicyclic amines) is 1. The maximum absolute atomic E-state index is 12.1. The number of nitrogen functional groups attached to an aromatic ring is 1. The van der Waals surface area contributed by atoms with Gasteiger partial charge in [-0.1, -0.05) is 15.9 Å². The average molecular weight is 323 g/mol. The number of carbonyl (C=O) groups excluding carboxylic acids is 2. The molecule has 1 aromatic carbocycles. The summed E-state index contributed by atoms with van der Waals surface area (Å²) in [6.07, 6.45) is 0.126. The van der Waals surface area contributed by atoms with Crippen LogP contribution < -0.4 is 5.73 Å². The fourth-order valence-corrected chi connectivity index (χ4v) is 2.70. The van der Waals surface area contributed by atoms with Crippen LogP contribution in [0.4, 0.5) is 5.95 Å². The van der Waals surface area contributed by atoms with Crippen LogP contribution in [0.3, 0.4) is 0 Å². The van der Waals surface area contributed by atoms with Gasteiger partial charge in [-0.2, -0.15) is 0 Å². The van der Waals surface area contributed by atoms with Crippen molar-refractivity contribution >= 4 is 44.7 Å². The molecule has 7 heteroatoms. The van der Waals surface area contributed by atoms with Crippen LogP contribution in [0.2, 0.25) is 0 Å². The second-order valence-electron chi connectivity index (χ2n) is 4.48. The Morgan fingerprint density at radius 2 is 2.16 bits per heavy atom. The van der Waals surface area contributed by atoms with Gasteiger partial charge in [0.2, 0.25) is 11.9 Å². The molecular weight excluding hydrogens is 312 g/mol. The second kappa shape index (κ2) is 4.06. The third kappa shape index (κ3) is 1.73. The zero-order valence-electron chi connectivity index (χ0n) is 10.1. The second-order valence-corrected chi connectivity index (χ2v) is 5.40. The van der Waals surface area contributed by atoms with Crippen molar-refractivity contribution in [2.24, 2.45) is 0 Å². The van der Waals surface area contributed by atoms with Crippen LogP contribution >= 0.6 is 15.9 Å². The van der Waals surface area contributed by atoms with E-state index in [-0.39, 0.29) is 24.2 Å². The average Bonchev–Trinajstić information content (AvgIpc) is 2.80. The Morgan fingerprint density at radius 3 is 2.79 bits per heavy atom. The maximum atomic E-state index is 12.1. The number of likely N-dealkylation sites (N-methyl/N-ethyl adjacent to an activating group) is 1. The molecule has 1 aliphatic heterocycles. The first-order valence-electron chi connectivity index (χ1n) is 5.72. The number of nitrogens with two attached hydrogens (primary N) is 1. The van der Waals surface area contributed by atoms with Gasteiger partial charge in [0.1, 0.15) is 6.04 Å². The highest BCUT2D eigenvalue weighted by atomic mass is 79.9. The third-order valence-electron chi connectivity index (χ3n) is 3.35. The summed E-state index contributed by atoms with van der Waals surface area (Å²) in [5.41, 5.74) is 7.34. The lowest BCUT2D eigenvalue weighted by Gasteiger charge is -2.12. The fraction of sp³-hybridized carbons (Fsp3) is 0.250. The molecule has 3 rings (SSSR count). The summed E-state index contributed by atoms with van der Waals surface area (Å²) in [6.45, 7) is 0. The highest BCUT2D eigenvalue weighted by molar-refractivity contribution is 9.10. The molecule has 2 heterocycles. The van der Waals surface area contributed by atoms with Gasteiger partial charge >= 0.3 is 0 Å². The van der Waals surface area contributed by atoms with Gasteiger partial charge in [-0.15, -0.1) is 0 Å². The molecular formula is C12H11BrN4O2. The molecule has 1 aromatic heterocycles. The lowest BCUT2D eigenvalue weighted by atomic mass is 10.2. The van der Waals surface area contributed by atoms with Crippen LogP contribution in [0.25, 0.3) is 11.0 Å². The molecule has 1 atom stereocenters. The van der Waals surface area contributed by atoms with Crippen molar-refractivity contribution in [3.05, 3.63) is 22.7 Å². The number of anilines is 1. The molecule has 0 aliphatic carbocycles. The molecule has 19 heavy (non-hydrogen) atoms. The standard InChI is InChI=1S/C12H11BrN4O2/c1-16-10(18)5-9(11(16)19)17-8-3-2-6(13)4-7(8)15-12(17)14/h2-4,9H,5H2,1H3,(H2,14,15). The van der Waals surface area contributed by atoms with Crippen molar-refractivity contribution in [2.75, 3.05) is 12.8 Å². The maximum Gasteiger partial charge on any atom is 0.252 e. The molecule has 1 fully saturated rings. The molecule has 2 N–H and O–H groups in total. The Labute approximate surface area is 117 Å². The SMILES string of the molecule is CN1C(=O)CC(n2c(N)nc3cc(Br)ccc32)C1=O. The van der Waals surface area contributed by atoms with Crippen LogP contribution in [-0.4, -0.2) is 33.3 Å². The van der Waals surface area contributed by atoms with Gasteiger partial charge in [0.25, 0.3) is 5.91 Å². The number of nitrogens with zero attached hydrogens (tertiary/aromatic N) is 3. The summed E-state index contributed by atoms with van der Waals surface area (Å²) >= 11 is 3.36. The van der Waals surface area contributed by atoms with Crippen molar-refractivity contribution in [2.45, 2.75) is 12.5 Å². The number of carbonyl (C=O) groups is 2. The number of benzene rings is 1. The monoisotopic (exact) mass is 322 g/mol. The predicted molar refractivity (Wildman–Crippen MR) is 73.3 cm³/mol. The Kier molecular flexibility index (Phi) is 2.60. The van der Waals surface area contributed by atoms with E-state index in [0.717, 1.165) is 14.9 Å². The minimum atomic E-state index is -0.594. The number of hydrogen-bond donors (Lipinski definition) is 1. The number of hydrogen-bond acceptors (Lipinski definition) is 4. The highest BCUT2D eigenvalue weighted by Crippen LogP contribution is 2.31. The van der Waals surface area contributed by atoms with E-state index >= 15 is 0 Å². The van der Waals surface area contributed by atoms with Gasteiger partial charge in [-0.05, 0) is 18.2 Å². The van der Waals surface area contributed by atoms with E-state index in [0.29, 0.717) is 5.52 Å². The van der Waals surface area contributed by atoms with E-state index in [1.165, 1.54) is 7.05 Å². The van der Waals surface area contributed by atoms with Crippen molar-refractivity contribution in [3.63, 3.8) is 0 Å². The summed E-state index contributed by atoms with van der Waals surface area (Å²) in [5, 5.41) is 0. The van der Waals surface area contributed by atoms with Crippen LogP contribution in [-0.2, 0) is 9.59 Å². The van der Waals surface area contributed by atoms with E-state index in [9.17, 15) is 9.59 Å². The lowest BCUT2D eigenvalue weighted by molar-refractivity contribution is -0.137. The molecule has 0 spiro atoms. The number of aromatic nitrogens is 2. The molecule has 2 aromatic rings. The quantitative estimate of drug-likeness (QED) is 0.803. The van der Waals surface area contributed by atoms with Gasteiger partial charge in [0, 0.05) is 11.5 Å². The summed E-state index contributed by atoms with van der Waals surface area (Å²) in [6, 6.07) is 4.92. The highest BCUT2D eigenvalue weighted by Gasteiger charge is 2.38. The van der Waals surface area contributed by atoms with Gasteiger partial charge in [0.15, 0.2) is 0 Å². The van der Waals surface area contributed by atoms with Crippen LogP contribution in [0.15, 0.2) is 22.7 Å². The molecule has 1 unspecified atom stereocenters. The molecule has 0 bridgehead atoms. The largest absolute Gasteiger partial charge is 0.369 e. The van der Waals surface area contributed by atoms with E-state index < -0.39 is 6.04 Å². The number of fused-ring (bicyclic) bond motifs is 1. The first-order valence-corrected chi connectivity index (χ1v) is 6.51. The molecule has 98 valence electrons. The van der Waals surface area contributed by atoms with Crippen LogP contribution in [0.5, 0.6) is 0 Å². The Hall–Kier alpha value is -1.89. The van der Waals surface area contributed by atoms with Crippen molar-refractivity contribution in [1.29, 1.82) is 0 Å². The minimum absolute atomic E-state index is 0.126. The summed E-state index contributed by atoms with van der Waals surface area (Å²) < 4.78 is 2.52. The summed E-state index contributed by atoms with van der Waals surface area (Å²) in [4.78, 5) is 29.0. The lowest BCUT2D eigenvalue weighted by Crippen LogP contribution is -2.27. The number of rotatable bonds is 1. The third-order valence-corrected chi connectivity index (χ3v) is 3.84. The molecule has 2 amide bonds. The number of amides is 2. The van der Waals surface area contributed by atoms with Gasteiger partial charge in [0.05, 0.1) is 17.5 Å². The Balaban J connectivity index is 2.18. The first-order chi connectivity index (χ1) is 8.99. The number of imide groups is 1. The van der Waals surface area contributed by atoms with E-state index in [2.05, 4.69) is 20.9 Å². The van der Waals surface area contributed by atoms with E-state index in [1.54, 1.807) is 4.57 Å². The molecule has 0 saturated carbocycles. The summed E-state index contributed by atoms with van der Waals surface area (Å²) in [5.74, 6) is -0.207. The summed E-state index contributed by atoms with van der Waals surface area (Å²) in [7, 11) is 1.48. The van der Waals surface area contributed by atoms with E-state index in [4.69, 9.17) is 5.73 Å². The Morgan fingerprint density at radius 1 is 1.42 bits per heavy atom. The predicted octanol–water partition coefficient (Wildman–Crippen LogP) is 1.31. The number of halogens is 1. The van der Waals surface area contributed by atoms with Crippen molar-refractivity contribution in [1.82, 2.24) is 14.5 Å². The fourth-order valence-electron chi connectivity index (χ4n) is 2.36. The van der Waals surface area contributed by atoms with Gasteiger partial charge < -0.3 is 5.73 Å². The molecule has 1 saturated heterocycles. The zero-order chi connectivity index (χ0) is 13.7. The zero-order valence-corrected chi connectivity index (χ0v) is 11.7. The molecule has 0 radical (unpaired) electrons. The van der Waals surface area contributed by atoms with Gasteiger partial charge in [-0.3, -0.25) is 19.1 Å². The van der Waals surface area contributed by atoms with Crippen molar-refractivity contribution < 1.29 is 9.59 Å². The number of imidazole rings is 1. The molecule has 1 aliphatic rings. The normalized spacial score (nSPS) is 19.7.